The second-order valence-corrected chi connectivity index (χ2v) is 8.16. The van der Waals surface area contributed by atoms with E-state index in [0.29, 0.717) is 28.9 Å². The first-order valence-electron chi connectivity index (χ1n) is 8.88. The van der Waals surface area contributed by atoms with E-state index in [1.165, 1.54) is 0 Å². The number of nitrogens with two attached hydrogens (primary N) is 1. The molecule has 3 rings (SSSR count). The average Bonchev–Trinajstić information content (AvgIpc) is 2.63. The number of nitrogens with one attached hydrogen (secondary N) is 1. The maximum Gasteiger partial charge on any atom is 0.258 e. The Morgan fingerprint density at radius 1 is 1.36 bits per heavy atom. The highest BCUT2D eigenvalue weighted by Gasteiger charge is 2.27. The quantitative estimate of drug-likeness (QED) is 0.774. The van der Waals surface area contributed by atoms with Gasteiger partial charge in [0.2, 0.25) is 0 Å². The molecule has 0 amide bonds. The van der Waals surface area contributed by atoms with Crippen LogP contribution in [0.2, 0.25) is 0 Å². The molecule has 134 valence electrons. The van der Waals surface area contributed by atoms with E-state index >= 15 is 0 Å². The van der Waals surface area contributed by atoms with E-state index in [-0.39, 0.29) is 11.5 Å². The number of carbonyl (C=O) groups is 1. The number of fused-ring (bicyclic) bond motifs is 1. The minimum atomic E-state index is -0.0650. The van der Waals surface area contributed by atoms with Crippen LogP contribution in [0.15, 0.2) is 23.0 Å². The first kappa shape index (κ1) is 18.1. The van der Waals surface area contributed by atoms with Crippen LogP contribution in [0.3, 0.4) is 0 Å². The largest absolute Gasteiger partial charge is 0.330 e. The predicted octanol–water partition coefficient (Wildman–Crippen LogP) is 2.80. The third-order valence-corrected chi connectivity index (χ3v) is 6.60. The van der Waals surface area contributed by atoms with Crippen LogP contribution < -0.4 is 11.3 Å². The van der Waals surface area contributed by atoms with Crippen molar-refractivity contribution in [3.05, 3.63) is 39.9 Å². The zero-order valence-corrected chi connectivity index (χ0v) is 15.3. The minimum absolute atomic E-state index is 0.00688. The Labute approximate surface area is 151 Å². The standard InChI is InChI=1S/C19H25N3O2S/c1-12-3-2-4-16-18(12)21-17(22-19(16)24)11-25-15-7-5-13(6-8-15)14(9-20)10-23/h2-4,10,13-15H,5-9,11,20H2,1H3,(H,21,22,24)/t13-,14?,15-. The monoisotopic (exact) mass is 359 g/mol. The van der Waals surface area contributed by atoms with Crippen molar-refractivity contribution < 1.29 is 4.79 Å². The van der Waals surface area contributed by atoms with Crippen molar-refractivity contribution in [3.8, 4) is 0 Å². The van der Waals surface area contributed by atoms with Crippen LogP contribution in [0.1, 0.15) is 37.1 Å². The van der Waals surface area contributed by atoms with Crippen LogP contribution in [0.4, 0.5) is 0 Å². The summed E-state index contributed by atoms with van der Waals surface area (Å²) in [5, 5.41) is 1.20. The summed E-state index contributed by atoms with van der Waals surface area (Å²) in [6.07, 6.45) is 5.31. The van der Waals surface area contributed by atoms with Crippen molar-refractivity contribution in [3.63, 3.8) is 0 Å². The fourth-order valence-electron chi connectivity index (χ4n) is 3.66. The van der Waals surface area contributed by atoms with Gasteiger partial charge in [0.1, 0.15) is 12.1 Å². The number of H-pyrrole nitrogens is 1. The molecule has 1 heterocycles. The van der Waals surface area contributed by atoms with Gasteiger partial charge in [-0.3, -0.25) is 4.79 Å². The van der Waals surface area contributed by atoms with Gasteiger partial charge in [-0.15, -0.1) is 0 Å². The van der Waals surface area contributed by atoms with Crippen molar-refractivity contribution in [2.75, 3.05) is 6.54 Å². The van der Waals surface area contributed by atoms with Crippen LogP contribution in [-0.2, 0) is 10.5 Å². The van der Waals surface area contributed by atoms with Crippen molar-refractivity contribution >= 4 is 29.0 Å². The number of aromatic amines is 1. The number of hydrogen-bond donors (Lipinski definition) is 2. The lowest BCUT2D eigenvalue weighted by molar-refractivity contribution is -0.112. The van der Waals surface area contributed by atoms with Gasteiger partial charge in [0.05, 0.1) is 16.7 Å². The second kappa shape index (κ2) is 8.15. The smallest absolute Gasteiger partial charge is 0.258 e. The molecule has 0 aliphatic heterocycles. The van der Waals surface area contributed by atoms with E-state index in [1.807, 2.05) is 36.9 Å². The molecule has 0 radical (unpaired) electrons. The molecule has 2 aromatic rings. The van der Waals surface area contributed by atoms with Gasteiger partial charge in [0, 0.05) is 17.7 Å². The van der Waals surface area contributed by atoms with E-state index in [0.717, 1.165) is 48.9 Å². The Hall–Kier alpha value is -1.66. The van der Waals surface area contributed by atoms with Crippen LogP contribution in [0.5, 0.6) is 0 Å². The van der Waals surface area contributed by atoms with Gasteiger partial charge in [0.25, 0.3) is 5.56 Å². The number of aromatic nitrogens is 2. The van der Waals surface area contributed by atoms with Gasteiger partial charge in [-0.05, 0) is 50.2 Å². The van der Waals surface area contributed by atoms with Crippen molar-refractivity contribution in [2.45, 2.75) is 43.6 Å². The SMILES string of the molecule is Cc1cccc2c(=O)[nH]c(CS[C@H]3CC[C@H](C(C=O)CN)CC3)nc12. The molecule has 1 aliphatic carbocycles. The molecular formula is C19H25N3O2S. The second-order valence-electron chi connectivity index (χ2n) is 6.87. The zero-order valence-electron chi connectivity index (χ0n) is 14.5. The van der Waals surface area contributed by atoms with Crippen molar-refractivity contribution in [1.29, 1.82) is 0 Å². The Kier molecular flexibility index (Phi) is 5.91. The lowest BCUT2D eigenvalue weighted by Gasteiger charge is -2.30. The van der Waals surface area contributed by atoms with E-state index in [2.05, 4.69) is 9.97 Å². The Morgan fingerprint density at radius 2 is 2.12 bits per heavy atom. The highest BCUT2D eigenvalue weighted by molar-refractivity contribution is 7.99. The highest BCUT2D eigenvalue weighted by Crippen LogP contribution is 2.35. The molecule has 1 saturated carbocycles. The molecule has 6 heteroatoms. The van der Waals surface area contributed by atoms with Crippen molar-refractivity contribution in [1.82, 2.24) is 9.97 Å². The molecule has 1 aromatic carbocycles. The minimum Gasteiger partial charge on any atom is -0.330 e. The van der Waals surface area contributed by atoms with Crippen LogP contribution >= 0.6 is 11.8 Å². The molecule has 0 spiro atoms. The van der Waals surface area contributed by atoms with Gasteiger partial charge in [-0.1, -0.05) is 12.1 Å². The van der Waals surface area contributed by atoms with E-state index in [9.17, 15) is 9.59 Å². The number of thioether (sulfide) groups is 1. The fraction of sp³-hybridized carbons (Fsp3) is 0.526. The third-order valence-electron chi connectivity index (χ3n) is 5.21. The molecule has 25 heavy (non-hydrogen) atoms. The number of benzene rings is 1. The molecule has 3 N–H and O–H groups in total. The number of carbonyl (C=O) groups excluding carboxylic acids is 1. The molecule has 0 bridgehead atoms. The van der Waals surface area contributed by atoms with Gasteiger partial charge < -0.3 is 15.5 Å². The zero-order chi connectivity index (χ0) is 17.8. The molecule has 1 unspecified atom stereocenters. The normalized spacial score (nSPS) is 22.0. The van der Waals surface area contributed by atoms with Crippen LogP contribution in [0, 0.1) is 18.8 Å². The van der Waals surface area contributed by atoms with Crippen molar-refractivity contribution in [2.24, 2.45) is 17.6 Å². The van der Waals surface area contributed by atoms with Crippen LogP contribution in [-0.4, -0.2) is 28.0 Å². The summed E-state index contributed by atoms with van der Waals surface area (Å²) in [6.45, 7) is 2.43. The number of hydrogen-bond acceptors (Lipinski definition) is 5. The molecule has 1 aliphatic rings. The Morgan fingerprint density at radius 3 is 2.80 bits per heavy atom. The first-order chi connectivity index (χ1) is 12.1. The fourth-order valence-corrected chi connectivity index (χ4v) is 4.80. The van der Waals surface area contributed by atoms with E-state index in [1.54, 1.807) is 0 Å². The van der Waals surface area contributed by atoms with Gasteiger partial charge in [-0.25, -0.2) is 4.98 Å². The van der Waals surface area contributed by atoms with E-state index in [4.69, 9.17) is 5.73 Å². The number of para-hydroxylation sites is 1. The lowest BCUT2D eigenvalue weighted by atomic mass is 9.80. The summed E-state index contributed by atoms with van der Waals surface area (Å²) >= 11 is 1.85. The summed E-state index contributed by atoms with van der Waals surface area (Å²) in [6, 6.07) is 5.68. The Bertz CT molecular complexity index is 797. The Balaban J connectivity index is 1.61. The summed E-state index contributed by atoms with van der Waals surface area (Å²) in [5.41, 5.74) is 7.43. The maximum atomic E-state index is 12.2. The molecule has 0 saturated heterocycles. The van der Waals surface area contributed by atoms with Crippen LogP contribution in [0.25, 0.3) is 10.9 Å². The number of aldehydes is 1. The van der Waals surface area contributed by atoms with E-state index < -0.39 is 0 Å². The predicted molar refractivity (Wildman–Crippen MR) is 103 cm³/mol. The summed E-state index contributed by atoms with van der Waals surface area (Å²) in [4.78, 5) is 30.9. The number of aryl methyl sites for hydroxylation is 1. The molecule has 1 fully saturated rings. The molecule has 5 nitrogen and oxygen atoms in total. The number of rotatable bonds is 6. The third kappa shape index (κ3) is 4.12. The highest BCUT2D eigenvalue weighted by atomic mass is 32.2. The average molecular weight is 359 g/mol. The van der Waals surface area contributed by atoms with Gasteiger partial charge in [-0.2, -0.15) is 11.8 Å². The molecule has 1 atom stereocenters. The summed E-state index contributed by atoms with van der Waals surface area (Å²) in [7, 11) is 0. The maximum absolute atomic E-state index is 12.2. The number of nitrogens with zero attached hydrogens (tertiary/aromatic N) is 1. The lowest BCUT2D eigenvalue weighted by Crippen LogP contribution is -2.29. The molecular weight excluding hydrogens is 334 g/mol. The topological polar surface area (TPSA) is 88.8 Å². The molecule has 1 aromatic heterocycles. The van der Waals surface area contributed by atoms with Gasteiger partial charge >= 0.3 is 0 Å². The van der Waals surface area contributed by atoms with Gasteiger partial charge in [0.15, 0.2) is 0 Å². The summed E-state index contributed by atoms with van der Waals surface area (Å²) in [5.74, 6) is 1.89. The first-order valence-corrected chi connectivity index (χ1v) is 9.92. The summed E-state index contributed by atoms with van der Waals surface area (Å²) < 4.78 is 0.